The molecule has 0 spiro atoms. The Labute approximate surface area is 87.8 Å². The number of carbonyl (C=O) groups is 1. The number of amides is 1. The summed E-state index contributed by atoms with van der Waals surface area (Å²) < 4.78 is 0. The highest BCUT2D eigenvalue weighted by atomic mass is 16.1. The van der Waals surface area contributed by atoms with Crippen LogP contribution in [0.15, 0.2) is 12.2 Å². The molecule has 0 aromatic carbocycles. The number of allylic oxidation sites excluding steroid dienone is 1. The van der Waals surface area contributed by atoms with Crippen LogP contribution in [0.4, 0.5) is 0 Å². The SMILES string of the molecule is CCCCC(/C=C/C(=O)NC)CCC. The summed E-state index contributed by atoms with van der Waals surface area (Å²) in [7, 11) is 1.66. The Morgan fingerprint density at radius 3 is 2.50 bits per heavy atom. The van der Waals surface area contributed by atoms with Crippen LogP contribution in [-0.4, -0.2) is 13.0 Å². The van der Waals surface area contributed by atoms with Gasteiger partial charge in [-0.15, -0.1) is 0 Å². The van der Waals surface area contributed by atoms with E-state index in [1.807, 2.05) is 0 Å². The van der Waals surface area contributed by atoms with Crippen molar-refractivity contribution in [2.24, 2.45) is 5.92 Å². The van der Waals surface area contributed by atoms with Crippen molar-refractivity contribution in [1.29, 1.82) is 0 Å². The maximum absolute atomic E-state index is 11.0. The molecule has 1 unspecified atom stereocenters. The van der Waals surface area contributed by atoms with Crippen molar-refractivity contribution in [2.45, 2.75) is 46.0 Å². The zero-order chi connectivity index (χ0) is 10.8. The lowest BCUT2D eigenvalue weighted by molar-refractivity contribution is -0.116. The molecule has 0 bridgehead atoms. The molecule has 0 aliphatic carbocycles. The minimum absolute atomic E-state index is 0.00241. The summed E-state index contributed by atoms with van der Waals surface area (Å²) in [5, 5.41) is 2.59. The number of unbranched alkanes of at least 4 members (excludes halogenated alkanes) is 1. The lowest BCUT2D eigenvalue weighted by atomic mass is 9.96. The maximum Gasteiger partial charge on any atom is 0.243 e. The van der Waals surface area contributed by atoms with Crippen LogP contribution in [-0.2, 0) is 4.79 Å². The number of hydrogen-bond donors (Lipinski definition) is 1. The van der Waals surface area contributed by atoms with Crippen molar-refractivity contribution in [1.82, 2.24) is 5.32 Å². The topological polar surface area (TPSA) is 29.1 Å². The van der Waals surface area contributed by atoms with Crippen molar-refractivity contribution in [3.05, 3.63) is 12.2 Å². The predicted molar refractivity (Wildman–Crippen MR) is 61.1 cm³/mol. The highest BCUT2D eigenvalue weighted by Crippen LogP contribution is 2.15. The number of nitrogens with one attached hydrogen (secondary N) is 1. The smallest absolute Gasteiger partial charge is 0.243 e. The minimum Gasteiger partial charge on any atom is -0.356 e. The third kappa shape index (κ3) is 6.70. The predicted octanol–water partition coefficient (Wildman–Crippen LogP) is 2.90. The fraction of sp³-hybridized carbons (Fsp3) is 0.750. The minimum atomic E-state index is 0.00241. The molecule has 1 N–H and O–H groups in total. The van der Waals surface area contributed by atoms with Crippen molar-refractivity contribution in [3.8, 4) is 0 Å². The van der Waals surface area contributed by atoms with E-state index in [0.29, 0.717) is 5.92 Å². The fourth-order valence-corrected chi connectivity index (χ4v) is 1.48. The molecule has 14 heavy (non-hydrogen) atoms. The third-order valence-electron chi connectivity index (χ3n) is 2.35. The highest BCUT2D eigenvalue weighted by Gasteiger charge is 2.03. The van der Waals surface area contributed by atoms with Crippen molar-refractivity contribution >= 4 is 5.91 Å². The van der Waals surface area contributed by atoms with Gasteiger partial charge < -0.3 is 5.32 Å². The molecule has 0 aliphatic rings. The molecule has 0 heterocycles. The zero-order valence-corrected chi connectivity index (χ0v) is 9.68. The van der Waals surface area contributed by atoms with Gasteiger partial charge in [0.05, 0.1) is 0 Å². The summed E-state index contributed by atoms with van der Waals surface area (Å²) in [6, 6.07) is 0. The van der Waals surface area contributed by atoms with Crippen molar-refractivity contribution < 1.29 is 4.79 Å². The Morgan fingerprint density at radius 1 is 1.29 bits per heavy atom. The van der Waals surface area contributed by atoms with Crippen LogP contribution in [0, 0.1) is 5.92 Å². The monoisotopic (exact) mass is 197 g/mol. The van der Waals surface area contributed by atoms with E-state index < -0.39 is 0 Å². The van der Waals surface area contributed by atoms with Crippen LogP contribution in [0.25, 0.3) is 0 Å². The summed E-state index contributed by atoms with van der Waals surface area (Å²) in [4.78, 5) is 11.0. The molecule has 0 aliphatic heterocycles. The molecule has 0 saturated heterocycles. The first-order valence-corrected chi connectivity index (χ1v) is 5.64. The van der Waals surface area contributed by atoms with Crippen LogP contribution in [0.1, 0.15) is 46.0 Å². The number of hydrogen-bond acceptors (Lipinski definition) is 1. The number of likely N-dealkylation sites (N-methyl/N-ethyl adjacent to an activating group) is 1. The van der Waals surface area contributed by atoms with Crippen LogP contribution >= 0.6 is 0 Å². The van der Waals surface area contributed by atoms with Crippen molar-refractivity contribution in [2.75, 3.05) is 7.05 Å². The molecule has 1 amide bonds. The van der Waals surface area contributed by atoms with Gasteiger partial charge in [-0.2, -0.15) is 0 Å². The molecule has 2 heteroatoms. The number of rotatable bonds is 7. The van der Waals surface area contributed by atoms with E-state index in [1.165, 1.54) is 32.1 Å². The third-order valence-corrected chi connectivity index (χ3v) is 2.35. The first-order chi connectivity index (χ1) is 6.74. The molecular formula is C12H23NO. The van der Waals surface area contributed by atoms with Gasteiger partial charge in [0.15, 0.2) is 0 Å². The molecule has 82 valence electrons. The summed E-state index contributed by atoms with van der Waals surface area (Å²) >= 11 is 0. The van der Waals surface area contributed by atoms with Gasteiger partial charge in [0, 0.05) is 7.05 Å². The first-order valence-electron chi connectivity index (χ1n) is 5.64. The molecule has 0 saturated carbocycles. The highest BCUT2D eigenvalue weighted by molar-refractivity contribution is 5.87. The second-order valence-electron chi connectivity index (χ2n) is 3.66. The largest absolute Gasteiger partial charge is 0.356 e. The van der Waals surface area contributed by atoms with Gasteiger partial charge in [0.25, 0.3) is 0 Å². The van der Waals surface area contributed by atoms with E-state index in [4.69, 9.17) is 0 Å². The van der Waals surface area contributed by atoms with Gasteiger partial charge in [-0.05, 0) is 24.8 Å². The average molecular weight is 197 g/mol. The summed E-state index contributed by atoms with van der Waals surface area (Å²) in [5.41, 5.74) is 0. The van der Waals surface area contributed by atoms with Crippen LogP contribution < -0.4 is 5.32 Å². The van der Waals surface area contributed by atoms with E-state index in [9.17, 15) is 4.79 Å². The van der Waals surface area contributed by atoms with Gasteiger partial charge in [-0.3, -0.25) is 4.79 Å². The maximum atomic E-state index is 11.0. The lowest BCUT2D eigenvalue weighted by Gasteiger charge is -2.09. The Morgan fingerprint density at radius 2 is 2.00 bits per heavy atom. The Bertz CT molecular complexity index is 175. The summed E-state index contributed by atoms with van der Waals surface area (Å²) in [6.07, 6.45) is 9.78. The second-order valence-corrected chi connectivity index (χ2v) is 3.66. The molecule has 2 nitrogen and oxygen atoms in total. The van der Waals surface area contributed by atoms with Gasteiger partial charge in [0.1, 0.15) is 0 Å². The van der Waals surface area contributed by atoms with Crippen LogP contribution in [0.5, 0.6) is 0 Å². The zero-order valence-electron chi connectivity index (χ0n) is 9.68. The quantitative estimate of drug-likeness (QED) is 0.625. The van der Waals surface area contributed by atoms with E-state index in [1.54, 1.807) is 13.1 Å². The molecule has 0 aromatic rings. The number of carbonyl (C=O) groups excluding carboxylic acids is 1. The van der Waals surface area contributed by atoms with E-state index in [2.05, 4.69) is 25.2 Å². The molecule has 0 aromatic heterocycles. The van der Waals surface area contributed by atoms with Gasteiger partial charge in [0.2, 0.25) is 5.91 Å². The summed E-state index contributed by atoms with van der Waals surface area (Å²) in [5.74, 6) is 0.583. The Kier molecular flexibility index (Phi) is 8.30. The average Bonchev–Trinajstić information content (AvgIpc) is 2.21. The standard InChI is InChI=1S/C12H23NO/c1-4-6-8-11(7-5-2)9-10-12(14)13-3/h9-11H,4-8H2,1-3H3,(H,13,14)/b10-9+. The van der Waals surface area contributed by atoms with Gasteiger partial charge in [-0.25, -0.2) is 0 Å². The van der Waals surface area contributed by atoms with Crippen molar-refractivity contribution in [3.63, 3.8) is 0 Å². The summed E-state index contributed by atoms with van der Waals surface area (Å²) in [6.45, 7) is 4.39. The Balaban J connectivity index is 3.93. The second kappa shape index (κ2) is 8.79. The fourth-order valence-electron chi connectivity index (χ4n) is 1.48. The van der Waals surface area contributed by atoms with E-state index in [-0.39, 0.29) is 5.91 Å². The molecule has 0 fully saturated rings. The van der Waals surface area contributed by atoms with Gasteiger partial charge in [-0.1, -0.05) is 39.2 Å². The van der Waals surface area contributed by atoms with Crippen LogP contribution in [0.2, 0.25) is 0 Å². The molecule has 0 rings (SSSR count). The van der Waals surface area contributed by atoms with Crippen LogP contribution in [0.3, 0.4) is 0 Å². The normalized spacial score (nSPS) is 13.1. The lowest BCUT2D eigenvalue weighted by Crippen LogP contribution is -2.14. The molecule has 0 radical (unpaired) electrons. The van der Waals surface area contributed by atoms with Gasteiger partial charge >= 0.3 is 0 Å². The molecule has 1 atom stereocenters. The van der Waals surface area contributed by atoms with E-state index >= 15 is 0 Å². The van der Waals surface area contributed by atoms with E-state index in [0.717, 1.165) is 0 Å². The first kappa shape index (κ1) is 13.2. The Hall–Kier alpha value is -0.790. The molecular weight excluding hydrogens is 174 g/mol.